The van der Waals surface area contributed by atoms with Crippen LogP contribution in [0, 0.1) is 0 Å². The van der Waals surface area contributed by atoms with Crippen molar-refractivity contribution in [2.45, 2.75) is 19.8 Å². The van der Waals surface area contributed by atoms with Gasteiger partial charge in [0.1, 0.15) is 11.5 Å². The van der Waals surface area contributed by atoms with Crippen LogP contribution >= 0.6 is 0 Å². The molecular weight excluding hydrogens is 254 g/mol. The van der Waals surface area contributed by atoms with Gasteiger partial charge in [-0.1, -0.05) is 25.5 Å². The number of benzene rings is 2. The molecule has 0 heterocycles. The number of amides is 1. The molecule has 0 atom stereocenters. The maximum Gasteiger partial charge on any atom is 0.274 e. The smallest absolute Gasteiger partial charge is 0.274 e. The lowest BCUT2D eigenvalue weighted by Crippen LogP contribution is -2.18. The Labute approximate surface area is 118 Å². The molecule has 2 N–H and O–H groups in total. The molecule has 0 spiro atoms. The Morgan fingerprint density at radius 3 is 2.10 bits per heavy atom. The van der Waals surface area contributed by atoms with E-state index in [4.69, 9.17) is 9.94 Å². The van der Waals surface area contributed by atoms with E-state index in [9.17, 15) is 4.79 Å². The lowest BCUT2D eigenvalue weighted by Gasteiger charge is -2.07. The molecule has 20 heavy (non-hydrogen) atoms. The van der Waals surface area contributed by atoms with Gasteiger partial charge in [-0.25, -0.2) is 5.48 Å². The predicted molar refractivity (Wildman–Crippen MR) is 76.2 cm³/mol. The van der Waals surface area contributed by atoms with E-state index >= 15 is 0 Å². The summed E-state index contributed by atoms with van der Waals surface area (Å²) in [5, 5.41) is 8.53. The molecule has 1 amide bonds. The molecule has 2 aromatic carbocycles. The van der Waals surface area contributed by atoms with E-state index in [0.717, 1.165) is 18.6 Å². The number of rotatable bonds is 5. The summed E-state index contributed by atoms with van der Waals surface area (Å²) >= 11 is 0. The van der Waals surface area contributed by atoms with Crippen LogP contribution in [0.2, 0.25) is 0 Å². The molecule has 0 saturated carbocycles. The number of hydrogen-bond donors (Lipinski definition) is 2. The second-order valence-electron chi connectivity index (χ2n) is 4.46. The molecule has 4 heteroatoms. The average Bonchev–Trinajstić information content (AvgIpc) is 2.49. The lowest BCUT2D eigenvalue weighted by molar-refractivity contribution is 0.0706. The highest BCUT2D eigenvalue weighted by Crippen LogP contribution is 2.22. The first kappa shape index (κ1) is 14.1. The molecule has 0 aliphatic heterocycles. The van der Waals surface area contributed by atoms with Crippen molar-refractivity contribution in [2.24, 2.45) is 0 Å². The van der Waals surface area contributed by atoms with Gasteiger partial charge in [0.25, 0.3) is 5.91 Å². The number of carbonyl (C=O) groups excluding carboxylic acids is 1. The maximum absolute atomic E-state index is 11.2. The summed E-state index contributed by atoms with van der Waals surface area (Å²) < 4.78 is 5.69. The fourth-order valence-corrected chi connectivity index (χ4v) is 1.89. The third-order valence-electron chi connectivity index (χ3n) is 2.92. The largest absolute Gasteiger partial charge is 0.457 e. The fourth-order valence-electron chi connectivity index (χ4n) is 1.89. The van der Waals surface area contributed by atoms with Crippen LogP contribution in [0.5, 0.6) is 11.5 Å². The lowest BCUT2D eigenvalue weighted by atomic mass is 10.1. The zero-order valence-corrected chi connectivity index (χ0v) is 11.3. The van der Waals surface area contributed by atoms with Gasteiger partial charge in [0.2, 0.25) is 0 Å². The van der Waals surface area contributed by atoms with E-state index in [0.29, 0.717) is 11.3 Å². The number of hydroxylamine groups is 1. The number of carbonyl (C=O) groups is 1. The quantitative estimate of drug-likeness (QED) is 0.646. The molecule has 0 aromatic heterocycles. The van der Waals surface area contributed by atoms with Crippen LogP contribution in [0.4, 0.5) is 0 Å². The van der Waals surface area contributed by atoms with E-state index in [1.165, 1.54) is 5.56 Å². The monoisotopic (exact) mass is 271 g/mol. The molecule has 0 radical (unpaired) electrons. The van der Waals surface area contributed by atoms with Crippen molar-refractivity contribution < 1.29 is 14.7 Å². The van der Waals surface area contributed by atoms with E-state index < -0.39 is 5.91 Å². The zero-order chi connectivity index (χ0) is 14.4. The summed E-state index contributed by atoms with van der Waals surface area (Å²) in [6, 6.07) is 14.5. The maximum atomic E-state index is 11.2. The second kappa shape index (κ2) is 6.73. The molecule has 0 bridgehead atoms. The Hall–Kier alpha value is -2.33. The van der Waals surface area contributed by atoms with Crippen LogP contribution in [0.15, 0.2) is 48.5 Å². The van der Waals surface area contributed by atoms with Gasteiger partial charge in [-0.2, -0.15) is 0 Å². The Morgan fingerprint density at radius 2 is 1.60 bits per heavy atom. The molecule has 0 aliphatic carbocycles. The minimum absolute atomic E-state index is 0.373. The minimum Gasteiger partial charge on any atom is -0.457 e. The van der Waals surface area contributed by atoms with Gasteiger partial charge in [-0.05, 0) is 48.4 Å². The van der Waals surface area contributed by atoms with Gasteiger partial charge >= 0.3 is 0 Å². The summed E-state index contributed by atoms with van der Waals surface area (Å²) in [5.74, 6) is 0.854. The third-order valence-corrected chi connectivity index (χ3v) is 2.92. The topological polar surface area (TPSA) is 58.6 Å². The standard InChI is InChI=1S/C16H17NO3/c1-2-3-12-4-8-14(9-5-12)20-15-10-6-13(7-11-15)16(18)17-19/h4-11,19H,2-3H2,1H3,(H,17,18). The average molecular weight is 271 g/mol. The molecular formula is C16H17NO3. The molecule has 0 unspecified atom stereocenters. The Bertz CT molecular complexity index is 561. The molecule has 0 aliphatic rings. The highest BCUT2D eigenvalue weighted by molar-refractivity contribution is 5.93. The summed E-state index contributed by atoms with van der Waals surface area (Å²) in [4.78, 5) is 11.2. The molecule has 4 nitrogen and oxygen atoms in total. The summed E-state index contributed by atoms with van der Waals surface area (Å²) in [5.41, 5.74) is 3.25. The zero-order valence-electron chi connectivity index (χ0n) is 11.3. The number of ether oxygens (including phenoxy) is 1. The van der Waals surface area contributed by atoms with Crippen molar-refractivity contribution in [3.05, 3.63) is 59.7 Å². The number of nitrogens with one attached hydrogen (secondary N) is 1. The third kappa shape index (κ3) is 3.59. The van der Waals surface area contributed by atoms with Crippen LogP contribution in [0.3, 0.4) is 0 Å². The number of aryl methyl sites for hydroxylation is 1. The van der Waals surface area contributed by atoms with Crippen molar-refractivity contribution >= 4 is 5.91 Å². The van der Waals surface area contributed by atoms with Crippen molar-refractivity contribution in [3.63, 3.8) is 0 Å². The van der Waals surface area contributed by atoms with E-state index in [1.54, 1.807) is 29.7 Å². The minimum atomic E-state index is -0.541. The van der Waals surface area contributed by atoms with E-state index in [2.05, 4.69) is 6.92 Å². The number of hydrogen-bond acceptors (Lipinski definition) is 3. The first-order chi connectivity index (χ1) is 9.72. The van der Waals surface area contributed by atoms with Crippen molar-refractivity contribution in [3.8, 4) is 11.5 Å². The molecule has 2 aromatic rings. The van der Waals surface area contributed by atoms with Gasteiger partial charge in [-0.3, -0.25) is 10.0 Å². The molecule has 0 saturated heterocycles. The van der Waals surface area contributed by atoms with Crippen LogP contribution in [-0.2, 0) is 6.42 Å². The van der Waals surface area contributed by atoms with Gasteiger partial charge in [0.05, 0.1) is 0 Å². The highest BCUT2D eigenvalue weighted by Gasteiger charge is 2.04. The Morgan fingerprint density at radius 1 is 1.05 bits per heavy atom. The fraction of sp³-hybridized carbons (Fsp3) is 0.188. The highest BCUT2D eigenvalue weighted by atomic mass is 16.5. The second-order valence-corrected chi connectivity index (χ2v) is 4.46. The normalized spacial score (nSPS) is 10.1. The van der Waals surface area contributed by atoms with E-state index in [1.807, 2.05) is 24.3 Å². The van der Waals surface area contributed by atoms with Crippen molar-refractivity contribution in [2.75, 3.05) is 0 Å². The van der Waals surface area contributed by atoms with Gasteiger partial charge in [-0.15, -0.1) is 0 Å². The molecule has 0 fully saturated rings. The van der Waals surface area contributed by atoms with E-state index in [-0.39, 0.29) is 0 Å². The summed E-state index contributed by atoms with van der Waals surface area (Å²) in [6.07, 6.45) is 2.18. The summed E-state index contributed by atoms with van der Waals surface area (Å²) in [6.45, 7) is 2.15. The predicted octanol–water partition coefficient (Wildman–Crippen LogP) is 3.55. The first-order valence-electron chi connectivity index (χ1n) is 6.54. The van der Waals surface area contributed by atoms with Crippen LogP contribution in [-0.4, -0.2) is 11.1 Å². The van der Waals surface area contributed by atoms with Crippen molar-refractivity contribution in [1.82, 2.24) is 5.48 Å². The Balaban J connectivity index is 2.04. The van der Waals surface area contributed by atoms with Gasteiger partial charge < -0.3 is 4.74 Å². The summed E-state index contributed by atoms with van der Waals surface area (Å²) in [7, 11) is 0. The van der Waals surface area contributed by atoms with Gasteiger partial charge in [0.15, 0.2) is 0 Å². The molecule has 2 rings (SSSR count). The first-order valence-corrected chi connectivity index (χ1v) is 6.54. The van der Waals surface area contributed by atoms with Crippen LogP contribution < -0.4 is 10.2 Å². The van der Waals surface area contributed by atoms with Crippen molar-refractivity contribution in [1.29, 1.82) is 0 Å². The van der Waals surface area contributed by atoms with Crippen LogP contribution in [0.1, 0.15) is 29.3 Å². The Kier molecular flexibility index (Phi) is 4.74. The molecule has 104 valence electrons. The van der Waals surface area contributed by atoms with Gasteiger partial charge in [0, 0.05) is 5.56 Å². The van der Waals surface area contributed by atoms with Crippen LogP contribution in [0.25, 0.3) is 0 Å². The SMILES string of the molecule is CCCc1ccc(Oc2ccc(C(=O)NO)cc2)cc1.